The van der Waals surface area contributed by atoms with E-state index in [1.54, 1.807) is 6.20 Å². The van der Waals surface area contributed by atoms with E-state index in [1.807, 2.05) is 66.9 Å². The monoisotopic (exact) mass is 551 g/mol. The Hall–Kier alpha value is -5.87. The molecule has 0 saturated heterocycles. The number of aromatic nitrogens is 3. The molecule has 8 aromatic rings. The second kappa shape index (κ2) is 10.5. The van der Waals surface area contributed by atoms with Gasteiger partial charge < -0.3 is 4.42 Å². The molecule has 0 amide bonds. The molecule has 0 aliphatic carbocycles. The predicted octanol–water partition coefficient (Wildman–Crippen LogP) is 10.1. The Kier molecular flexibility index (Phi) is 6.08. The maximum atomic E-state index is 6.22. The standard InChI is InChI=1S/C39H25N3O/c1-3-10-26(11-4-1)30-20-31(29-14-9-19-40-25-29)22-32(21-30)36-24-35(41-39(42-36)27-12-5-2-6-13-27)28-17-18-34-33-15-7-8-16-37(33)43-38(34)23-28/h1-25H. The Morgan fingerprint density at radius 1 is 0.395 bits per heavy atom. The third kappa shape index (κ3) is 4.75. The molecule has 0 aliphatic heterocycles. The quantitative estimate of drug-likeness (QED) is 0.214. The molecule has 3 heterocycles. The van der Waals surface area contributed by atoms with Crippen molar-refractivity contribution in [3.05, 3.63) is 152 Å². The van der Waals surface area contributed by atoms with Gasteiger partial charge in [-0.05, 0) is 65.2 Å². The highest BCUT2D eigenvalue weighted by Gasteiger charge is 2.15. The van der Waals surface area contributed by atoms with Gasteiger partial charge in [0.05, 0.1) is 11.4 Å². The average Bonchev–Trinajstić information content (AvgIpc) is 3.47. The lowest BCUT2D eigenvalue weighted by Gasteiger charge is -2.13. The predicted molar refractivity (Wildman–Crippen MR) is 174 cm³/mol. The number of nitrogens with zero attached hydrogens (tertiary/aromatic N) is 3. The summed E-state index contributed by atoms with van der Waals surface area (Å²) in [5.74, 6) is 0.672. The summed E-state index contributed by atoms with van der Waals surface area (Å²) in [7, 11) is 0. The second-order valence-electron chi connectivity index (χ2n) is 10.5. The largest absolute Gasteiger partial charge is 0.456 e. The minimum atomic E-state index is 0.672. The fourth-order valence-corrected chi connectivity index (χ4v) is 5.62. The molecule has 0 fully saturated rings. The molecule has 5 aromatic carbocycles. The van der Waals surface area contributed by atoms with Crippen LogP contribution in [0.25, 0.3) is 78.1 Å². The van der Waals surface area contributed by atoms with Gasteiger partial charge in [0.25, 0.3) is 0 Å². The molecular formula is C39H25N3O. The highest BCUT2D eigenvalue weighted by atomic mass is 16.3. The van der Waals surface area contributed by atoms with Crippen LogP contribution in [0.2, 0.25) is 0 Å². The van der Waals surface area contributed by atoms with Crippen LogP contribution in [0.1, 0.15) is 0 Å². The topological polar surface area (TPSA) is 51.8 Å². The number of benzene rings is 5. The first-order chi connectivity index (χ1) is 21.3. The van der Waals surface area contributed by atoms with E-state index in [4.69, 9.17) is 14.4 Å². The summed E-state index contributed by atoms with van der Waals surface area (Å²) in [6.07, 6.45) is 3.70. The van der Waals surface area contributed by atoms with E-state index in [1.165, 1.54) is 0 Å². The van der Waals surface area contributed by atoms with Crippen LogP contribution in [0.3, 0.4) is 0 Å². The summed E-state index contributed by atoms with van der Waals surface area (Å²) in [4.78, 5) is 14.6. The van der Waals surface area contributed by atoms with Gasteiger partial charge in [0, 0.05) is 45.4 Å². The van der Waals surface area contributed by atoms with Crippen molar-refractivity contribution in [2.24, 2.45) is 0 Å². The van der Waals surface area contributed by atoms with E-state index in [-0.39, 0.29) is 0 Å². The molecular weight excluding hydrogens is 526 g/mol. The van der Waals surface area contributed by atoms with Crippen LogP contribution in [0.15, 0.2) is 156 Å². The summed E-state index contributed by atoms with van der Waals surface area (Å²) in [6.45, 7) is 0. The number of hydrogen-bond donors (Lipinski definition) is 0. The summed E-state index contributed by atoms with van der Waals surface area (Å²) in [5, 5.41) is 2.20. The van der Waals surface area contributed by atoms with Gasteiger partial charge in [-0.3, -0.25) is 4.98 Å². The van der Waals surface area contributed by atoms with Gasteiger partial charge in [-0.15, -0.1) is 0 Å². The normalized spacial score (nSPS) is 11.3. The van der Waals surface area contributed by atoms with Crippen LogP contribution in [-0.2, 0) is 0 Å². The summed E-state index contributed by atoms with van der Waals surface area (Å²) < 4.78 is 6.22. The minimum absolute atomic E-state index is 0.672. The van der Waals surface area contributed by atoms with Crippen molar-refractivity contribution in [1.82, 2.24) is 15.0 Å². The molecule has 0 saturated carbocycles. The summed E-state index contributed by atoms with van der Waals surface area (Å²) in [6, 6.07) is 47.8. The smallest absolute Gasteiger partial charge is 0.160 e. The van der Waals surface area contributed by atoms with Crippen molar-refractivity contribution in [3.8, 4) is 56.2 Å². The molecule has 8 rings (SSSR count). The van der Waals surface area contributed by atoms with Gasteiger partial charge in [0.2, 0.25) is 0 Å². The molecule has 202 valence electrons. The van der Waals surface area contributed by atoms with Crippen LogP contribution < -0.4 is 0 Å². The maximum Gasteiger partial charge on any atom is 0.160 e. The van der Waals surface area contributed by atoms with Crippen LogP contribution in [0, 0.1) is 0 Å². The third-order valence-corrected chi connectivity index (χ3v) is 7.76. The van der Waals surface area contributed by atoms with E-state index in [9.17, 15) is 0 Å². The van der Waals surface area contributed by atoms with Crippen molar-refractivity contribution in [2.75, 3.05) is 0 Å². The molecule has 4 heteroatoms. The van der Waals surface area contributed by atoms with E-state index in [0.29, 0.717) is 5.82 Å². The van der Waals surface area contributed by atoms with Crippen molar-refractivity contribution in [1.29, 1.82) is 0 Å². The number of furan rings is 1. The van der Waals surface area contributed by atoms with Crippen molar-refractivity contribution in [3.63, 3.8) is 0 Å². The summed E-state index contributed by atoms with van der Waals surface area (Å²) >= 11 is 0. The van der Waals surface area contributed by atoms with Crippen LogP contribution >= 0.6 is 0 Å². The Morgan fingerprint density at radius 2 is 1.02 bits per heavy atom. The number of fused-ring (bicyclic) bond motifs is 3. The maximum absolute atomic E-state index is 6.22. The van der Waals surface area contributed by atoms with E-state index >= 15 is 0 Å². The second-order valence-corrected chi connectivity index (χ2v) is 10.5. The van der Waals surface area contributed by atoms with Crippen LogP contribution in [0.4, 0.5) is 0 Å². The number of pyridine rings is 1. The van der Waals surface area contributed by atoms with Gasteiger partial charge in [-0.25, -0.2) is 9.97 Å². The molecule has 3 aromatic heterocycles. The first-order valence-corrected chi connectivity index (χ1v) is 14.3. The lowest BCUT2D eigenvalue weighted by atomic mass is 9.95. The van der Waals surface area contributed by atoms with E-state index in [2.05, 4.69) is 83.8 Å². The van der Waals surface area contributed by atoms with Crippen molar-refractivity contribution in [2.45, 2.75) is 0 Å². The lowest BCUT2D eigenvalue weighted by Crippen LogP contribution is -1.96. The average molecular weight is 552 g/mol. The van der Waals surface area contributed by atoms with Gasteiger partial charge in [0.1, 0.15) is 11.2 Å². The molecule has 0 spiro atoms. The zero-order valence-electron chi connectivity index (χ0n) is 23.2. The first-order valence-electron chi connectivity index (χ1n) is 14.3. The number of para-hydroxylation sites is 1. The molecule has 0 aliphatic rings. The highest BCUT2D eigenvalue weighted by Crippen LogP contribution is 2.36. The first kappa shape index (κ1) is 24.9. The van der Waals surface area contributed by atoms with E-state index < -0.39 is 0 Å². The fraction of sp³-hybridized carbons (Fsp3) is 0. The number of hydrogen-bond acceptors (Lipinski definition) is 4. The fourth-order valence-electron chi connectivity index (χ4n) is 5.62. The Balaban J connectivity index is 1.34. The van der Waals surface area contributed by atoms with Gasteiger partial charge >= 0.3 is 0 Å². The van der Waals surface area contributed by atoms with Crippen molar-refractivity contribution >= 4 is 21.9 Å². The molecule has 0 bridgehead atoms. The Bertz CT molecular complexity index is 2170. The molecule has 43 heavy (non-hydrogen) atoms. The molecule has 4 nitrogen and oxygen atoms in total. The zero-order valence-corrected chi connectivity index (χ0v) is 23.2. The molecule has 0 unspecified atom stereocenters. The van der Waals surface area contributed by atoms with Crippen LogP contribution in [-0.4, -0.2) is 15.0 Å². The molecule has 0 atom stereocenters. The SMILES string of the molecule is c1ccc(-c2cc(-c3cccnc3)cc(-c3cc(-c4ccc5c(c4)oc4ccccc45)nc(-c4ccccc4)n3)c2)cc1. The molecule has 0 N–H and O–H groups in total. The Labute approximate surface area is 249 Å². The lowest BCUT2D eigenvalue weighted by molar-refractivity contribution is 0.669. The minimum Gasteiger partial charge on any atom is -0.456 e. The Morgan fingerprint density at radius 3 is 1.79 bits per heavy atom. The third-order valence-electron chi connectivity index (χ3n) is 7.76. The number of rotatable bonds is 5. The van der Waals surface area contributed by atoms with Crippen LogP contribution in [0.5, 0.6) is 0 Å². The van der Waals surface area contributed by atoms with Gasteiger partial charge in [-0.1, -0.05) is 91.0 Å². The molecule has 0 radical (unpaired) electrons. The van der Waals surface area contributed by atoms with Gasteiger partial charge in [0.15, 0.2) is 5.82 Å². The van der Waals surface area contributed by atoms with Crippen molar-refractivity contribution < 1.29 is 4.42 Å². The summed E-state index contributed by atoms with van der Waals surface area (Å²) in [5.41, 5.74) is 10.7. The highest BCUT2D eigenvalue weighted by molar-refractivity contribution is 6.05. The van der Waals surface area contributed by atoms with Gasteiger partial charge in [-0.2, -0.15) is 0 Å². The zero-order chi connectivity index (χ0) is 28.6. The van der Waals surface area contributed by atoms with E-state index in [0.717, 1.165) is 72.3 Å².